The zero-order valence-electron chi connectivity index (χ0n) is 14.9. The predicted molar refractivity (Wildman–Crippen MR) is 96.4 cm³/mol. The van der Waals surface area contributed by atoms with Crippen LogP contribution in [0.25, 0.3) is 0 Å². The third-order valence-electron chi connectivity index (χ3n) is 5.21. The van der Waals surface area contributed by atoms with Gasteiger partial charge in [-0.1, -0.05) is 0 Å². The summed E-state index contributed by atoms with van der Waals surface area (Å²) < 4.78 is 38.6. The number of hydrogen-bond acceptors (Lipinski definition) is 3. The van der Waals surface area contributed by atoms with Gasteiger partial charge in [0.05, 0.1) is 12.5 Å². The summed E-state index contributed by atoms with van der Waals surface area (Å²) in [5.74, 6) is -1.59. The van der Waals surface area contributed by atoms with Gasteiger partial charge in [-0.2, -0.15) is 13.2 Å². The van der Waals surface area contributed by atoms with E-state index in [-0.39, 0.29) is 25.4 Å². The lowest BCUT2D eigenvalue weighted by Crippen LogP contribution is -2.44. The summed E-state index contributed by atoms with van der Waals surface area (Å²) in [6, 6.07) is 7.69. The van der Waals surface area contributed by atoms with E-state index in [4.69, 9.17) is 0 Å². The van der Waals surface area contributed by atoms with Crippen molar-refractivity contribution in [3.63, 3.8) is 0 Å². The van der Waals surface area contributed by atoms with E-state index in [1.165, 1.54) is 19.3 Å². The molecule has 2 aliphatic heterocycles. The summed E-state index contributed by atoms with van der Waals surface area (Å²) in [4.78, 5) is 16.1. The summed E-state index contributed by atoms with van der Waals surface area (Å²) in [6.45, 7) is 2.56. The third kappa shape index (κ3) is 5.13. The van der Waals surface area contributed by atoms with Crippen molar-refractivity contribution in [2.75, 3.05) is 42.9 Å². The smallest absolute Gasteiger partial charge is 0.372 e. The highest BCUT2D eigenvalue weighted by atomic mass is 19.4. The highest BCUT2D eigenvalue weighted by Gasteiger charge is 2.41. The Kier molecular flexibility index (Phi) is 6.06. The summed E-state index contributed by atoms with van der Waals surface area (Å²) in [6.07, 6.45) is 0.123. The number of nitrogens with one attached hydrogen (secondary N) is 1. The minimum Gasteiger partial charge on any atom is -0.372 e. The second-order valence-corrected chi connectivity index (χ2v) is 7.26. The first-order valence-electron chi connectivity index (χ1n) is 9.36. The van der Waals surface area contributed by atoms with Gasteiger partial charge in [0.15, 0.2) is 0 Å². The van der Waals surface area contributed by atoms with Gasteiger partial charge < -0.3 is 10.2 Å². The molecule has 7 heteroatoms. The van der Waals surface area contributed by atoms with Gasteiger partial charge in [-0.3, -0.25) is 9.69 Å². The molecule has 0 aliphatic carbocycles. The van der Waals surface area contributed by atoms with Gasteiger partial charge in [-0.25, -0.2) is 0 Å². The normalized spacial score (nSPS) is 22.3. The average Bonchev–Trinajstić information content (AvgIpc) is 2.62. The summed E-state index contributed by atoms with van der Waals surface area (Å²) in [5.41, 5.74) is 1.83. The molecule has 1 aromatic carbocycles. The van der Waals surface area contributed by atoms with Gasteiger partial charge in [-0.15, -0.1) is 0 Å². The number of halogens is 3. The Morgan fingerprint density at radius 3 is 2.38 bits per heavy atom. The fourth-order valence-corrected chi connectivity index (χ4v) is 3.78. The predicted octanol–water partition coefficient (Wildman–Crippen LogP) is 3.89. The highest BCUT2D eigenvalue weighted by Crippen LogP contribution is 2.33. The number of carbonyl (C=O) groups is 1. The van der Waals surface area contributed by atoms with Crippen molar-refractivity contribution < 1.29 is 18.0 Å². The molecule has 2 aliphatic rings. The molecule has 26 heavy (non-hydrogen) atoms. The van der Waals surface area contributed by atoms with Crippen LogP contribution in [0.2, 0.25) is 0 Å². The molecular weight excluding hydrogens is 343 g/mol. The molecule has 2 heterocycles. The van der Waals surface area contributed by atoms with Crippen LogP contribution in [0.15, 0.2) is 24.3 Å². The van der Waals surface area contributed by atoms with E-state index in [0.717, 1.165) is 18.8 Å². The van der Waals surface area contributed by atoms with Crippen molar-refractivity contribution in [2.45, 2.75) is 38.3 Å². The Morgan fingerprint density at radius 1 is 1.04 bits per heavy atom. The van der Waals surface area contributed by atoms with Gasteiger partial charge in [0, 0.05) is 31.0 Å². The minimum atomic E-state index is -4.18. The molecule has 1 aromatic rings. The molecule has 1 amide bonds. The molecule has 1 N–H and O–H groups in total. The number of anilines is 2. The molecule has 4 nitrogen and oxygen atoms in total. The van der Waals surface area contributed by atoms with Crippen molar-refractivity contribution in [1.29, 1.82) is 0 Å². The summed E-state index contributed by atoms with van der Waals surface area (Å²) >= 11 is 0. The molecule has 2 fully saturated rings. The van der Waals surface area contributed by atoms with Gasteiger partial charge in [0.2, 0.25) is 5.91 Å². The topological polar surface area (TPSA) is 35.6 Å². The van der Waals surface area contributed by atoms with Crippen LogP contribution in [-0.2, 0) is 4.79 Å². The van der Waals surface area contributed by atoms with Crippen LogP contribution in [-0.4, -0.2) is 49.7 Å². The number of hydrogen-bond donors (Lipinski definition) is 1. The van der Waals surface area contributed by atoms with E-state index >= 15 is 0 Å². The standard InChI is InChI=1S/C19H26F3N3O/c20-19(21,22)15-5-4-10-24(13-15)14-18(26)23-16-6-8-17(9-7-16)25-11-2-1-3-12-25/h6-9,15H,1-5,10-14H2,(H,23,26). The van der Waals surface area contributed by atoms with E-state index in [0.29, 0.717) is 18.7 Å². The van der Waals surface area contributed by atoms with Crippen LogP contribution < -0.4 is 10.2 Å². The molecule has 0 saturated carbocycles. The lowest BCUT2D eigenvalue weighted by Gasteiger charge is -2.33. The van der Waals surface area contributed by atoms with Crippen LogP contribution in [0.5, 0.6) is 0 Å². The van der Waals surface area contributed by atoms with E-state index < -0.39 is 12.1 Å². The first-order valence-corrected chi connectivity index (χ1v) is 9.36. The number of piperidine rings is 2. The van der Waals surface area contributed by atoms with E-state index in [1.54, 1.807) is 4.90 Å². The monoisotopic (exact) mass is 369 g/mol. The quantitative estimate of drug-likeness (QED) is 0.875. The maximum atomic E-state index is 12.9. The largest absolute Gasteiger partial charge is 0.393 e. The highest BCUT2D eigenvalue weighted by molar-refractivity contribution is 5.92. The van der Waals surface area contributed by atoms with Crippen molar-refractivity contribution in [3.05, 3.63) is 24.3 Å². The van der Waals surface area contributed by atoms with E-state index in [9.17, 15) is 18.0 Å². The van der Waals surface area contributed by atoms with Gasteiger partial charge in [0.1, 0.15) is 0 Å². The van der Waals surface area contributed by atoms with Gasteiger partial charge in [-0.05, 0) is 62.9 Å². The SMILES string of the molecule is O=C(CN1CCCC(C(F)(F)F)C1)Nc1ccc(N2CCCCC2)cc1. The number of alkyl halides is 3. The van der Waals surface area contributed by atoms with Crippen molar-refractivity contribution in [2.24, 2.45) is 5.92 Å². The fourth-order valence-electron chi connectivity index (χ4n) is 3.78. The Hall–Kier alpha value is -1.76. The molecule has 0 radical (unpaired) electrons. The Labute approximate surface area is 152 Å². The van der Waals surface area contributed by atoms with Crippen LogP contribution in [0.3, 0.4) is 0 Å². The Morgan fingerprint density at radius 2 is 1.73 bits per heavy atom. The molecule has 3 rings (SSSR count). The molecular formula is C19H26F3N3O. The second kappa shape index (κ2) is 8.29. The minimum absolute atomic E-state index is 0.000453. The third-order valence-corrected chi connectivity index (χ3v) is 5.21. The van der Waals surface area contributed by atoms with Crippen molar-refractivity contribution in [3.8, 4) is 0 Å². The molecule has 1 unspecified atom stereocenters. The zero-order chi connectivity index (χ0) is 18.6. The second-order valence-electron chi connectivity index (χ2n) is 7.26. The number of benzene rings is 1. The lowest BCUT2D eigenvalue weighted by molar-refractivity contribution is -0.186. The maximum absolute atomic E-state index is 12.9. The van der Waals surface area contributed by atoms with Gasteiger partial charge in [0.25, 0.3) is 0 Å². The number of carbonyl (C=O) groups excluding carboxylic acids is 1. The first kappa shape index (κ1) is 19.0. The zero-order valence-corrected chi connectivity index (χ0v) is 14.9. The molecule has 0 aromatic heterocycles. The number of amides is 1. The summed E-state index contributed by atoms with van der Waals surface area (Å²) in [7, 11) is 0. The van der Waals surface area contributed by atoms with Crippen molar-refractivity contribution in [1.82, 2.24) is 4.90 Å². The van der Waals surface area contributed by atoms with Crippen LogP contribution in [0.4, 0.5) is 24.5 Å². The van der Waals surface area contributed by atoms with Crippen molar-refractivity contribution >= 4 is 17.3 Å². The molecule has 0 spiro atoms. The maximum Gasteiger partial charge on any atom is 0.393 e. The van der Waals surface area contributed by atoms with Crippen LogP contribution in [0.1, 0.15) is 32.1 Å². The molecule has 1 atom stereocenters. The number of likely N-dealkylation sites (tertiary alicyclic amines) is 1. The first-order chi connectivity index (χ1) is 12.4. The fraction of sp³-hybridized carbons (Fsp3) is 0.632. The molecule has 2 saturated heterocycles. The number of nitrogens with zero attached hydrogens (tertiary/aromatic N) is 2. The lowest BCUT2D eigenvalue weighted by atomic mass is 9.97. The van der Waals surface area contributed by atoms with Crippen LogP contribution >= 0.6 is 0 Å². The van der Waals surface area contributed by atoms with E-state index in [1.807, 2.05) is 24.3 Å². The Balaban J connectivity index is 1.50. The van der Waals surface area contributed by atoms with Gasteiger partial charge >= 0.3 is 6.18 Å². The number of rotatable bonds is 4. The molecule has 144 valence electrons. The average molecular weight is 369 g/mol. The Bertz CT molecular complexity index is 597. The van der Waals surface area contributed by atoms with E-state index in [2.05, 4.69) is 10.2 Å². The summed E-state index contributed by atoms with van der Waals surface area (Å²) in [5, 5.41) is 2.79. The van der Waals surface area contributed by atoms with Crippen LogP contribution in [0, 0.1) is 5.92 Å². The molecule has 0 bridgehead atoms.